The maximum atomic E-state index is 13.6. The van der Waals surface area contributed by atoms with E-state index < -0.39 is 18.5 Å². The summed E-state index contributed by atoms with van der Waals surface area (Å²) in [4.78, 5) is 53.6. The van der Waals surface area contributed by atoms with Gasteiger partial charge in [0.05, 0.1) is 23.1 Å². The number of hydrogen-bond donors (Lipinski definition) is 1. The van der Waals surface area contributed by atoms with Crippen LogP contribution in [-0.2, 0) is 19.1 Å². The Labute approximate surface area is 227 Å². The van der Waals surface area contributed by atoms with Gasteiger partial charge < -0.3 is 10.1 Å². The van der Waals surface area contributed by atoms with E-state index in [2.05, 4.69) is 17.4 Å². The minimum atomic E-state index is -0.697. The standard InChI is InChI=1S/C32H30N2O5/c1-18-8-6-9-19(2)29(18)33-26(35)17-39-32(38)21-12-7-13-23(14-21)34-30(36)27-22-15-24(20-10-4-3-5-11-20)25(16-22)28(27)31(34)37/h3-14,22,24-25,27-28H,15-17H2,1-2H3,(H,33,35)/t22-,24+,25+,27+,28-/m0/s1. The van der Waals surface area contributed by atoms with E-state index in [9.17, 15) is 19.2 Å². The van der Waals surface area contributed by atoms with E-state index in [-0.39, 0.29) is 47.0 Å². The number of carbonyl (C=O) groups is 4. The van der Waals surface area contributed by atoms with Crippen molar-refractivity contribution >= 4 is 35.1 Å². The second-order valence-electron chi connectivity index (χ2n) is 10.9. The van der Waals surface area contributed by atoms with Gasteiger partial charge in [-0.25, -0.2) is 4.79 Å². The lowest BCUT2D eigenvalue weighted by Gasteiger charge is -2.28. The maximum absolute atomic E-state index is 13.6. The molecule has 2 aliphatic carbocycles. The molecule has 3 amide bonds. The summed E-state index contributed by atoms with van der Waals surface area (Å²) >= 11 is 0. The zero-order valence-electron chi connectivity index (χ0n) is 21.9. The van der Waals surface area contributed by atoms with Gasteiger partial charge in [-0.15, -0.1) is 0 Å². The van der Waals surface area contributed by atoms with Crippen LogP contribution >= 0.6 is 0 Å². The molecule has 0 aromatic heterocycles. The minimum Gasteiger partial charge on any atom is -0.452 e. The number of para-hydroxylation sites is 1. The molecular formula is C32H30N2O5. The number of rotatable bonds is 6. The molecule has 2 bridgehead atoms. The summed E-state index contributed by atoms with van der Waals surface area (Å²) in [5.74, 6) is -1.51. The Morgan fingerprint density at radius 3 is 2.31 bits per heavy atom. The van der Waals surface area contributed by atoms with E-state index in [1.807, 2.05) is 50.2 Å². The van der Waals surface area contributed by atoms with Crippen LogP contribution in [0.2, 0.25) is 0 Å². The van der Waals surface area contributed by atoms with Crippen LogP contribution in [0.5, 0.6) is 0 Å². The summed E-state index contributed by atoms with van der Waals surface area (Å²) in [7, 11) is 0. The van der Waals surface area contributed by atoms with Gasteiger partial charge in [-0.1, -0.05) is 54.6 Å². The molecule has 1 aliphatic heterocycles. The molecule has 7 heteroatoms. The molecule has 3 fully saturated rings. The summed E-state index contributed by atoms with van der Waals surface area (Å²) in [6.45, 7) is 3.33. The molecule has 3 aromatic rings. The third-order valence-corrected chi connectivity index (χ3v) is 8.66. The van der Waals surface area contributed by atoms with Gasteiger partial charge in [0.25, 0.3) is 5.91 Å². The molecule has 3 aliphatic rings. The topological polar surface area (TPSA) is 92.8 Å². The average molecular weight is 523 g/mol. The van der Waals surface area contributed by atoms with Crippen LogP contribution in [-0.4, -0.2) is 30.3 Å². The van der Waals surface area contributed by atoms with Crippen molar-refractivity contribution in [3.8, 4) is 0 Å². The fourth-order valence-electron chi connectivity index (χ4n) is 6.97. The molecule has 1 N–H and O–H groups in total. The number of anilines is 2. The van der Waals surface area contributed by atoms with Crippen molar-refractivity contribution < 1.29 is 23.9 Å². The van der Waals surface area contributed by atoms with Gasteiger partial charge in [-0.3, -0.25) is 19.3 Å². The second kappa shape index (κ2) is 9.80. The van der Waals surface area contributed by atoms with Crippen LogP contribution in [0.3, 0.4) is 0 Å². The minimum absolute atomic E-state index is 0.146. The summed E-state index contributed by atoms with van der Waals surface area (Å²) in [6, 6.07) is 22.3. The zero-order chi connectivity index (χ0) is 27.3. The number of nitrogens with one attached hydrogen (secondary N) is 1. The Kier molecular flexibility index (Phi) is 6.29. The lowest BCUT2D eigenvalue weighted by atomic mass is 9.73. The first-order valence-electron chi connectivity index (χ1n) is 13.4. The average Bonchev–Trinajstić information content (AvgIpc) is 3.61. The van der Waals surface area contributed by atoms with Crippen LogP contribution in [0, 0.1) is 37.5 Å². The van der Waals surface area contributed by atoms with Crippen LogP contribution in [0.1, 0.15) is 45.8 Å². The summed E-state index contributed by atoms with van der Waals surface area (Å²) in [5, 5.41) is 2.79. The molecule has 39 heavy (non-hydrogen) atoms. The van der Waals surface area contributed by atoms with Gasteiger partial charge in [0.15, 0.2) is 6.61 Å². The summed E-state index contributed by atoms with van der Waals surface area (Å²) in [5.41, 5.74) is 4.29. The Bertz CT molecular complexity index is 1460. The number of hydrogen-bond acceptors (Lipinski definition) is 5. The van der Waals surface area contributed by atoms with Gasteiger partial charge >= 0.3 is 5.97 Å². The third kappa shape index (κ3) is 4.32. The van der Waals surface area contributed by atoms with Crippen molar-refractivity contribution in [2.75, 3.05) is 16.8 Å². The first-order valence-corrected chi connectivity index (χ1v) is 13.4. The highest BCUT2D eigenvalue weighted by Gasteiger charge is 2.64. The number of aryl methyl sites for hydroxylation is 2. The lowest BCUT2D eigenvalue weighted by molar-refractivity contribution is -0.123. The van der Waals surface area contributed by atoms with E-state index in [0.29, 0.717) is 11.4 Å². The second-order valence-corrected chi connectivity index (χ2v) is 10.9. The quantitative estimate of drug-likeness (QED) is 0.362. The molecule has 2 saturated carbocycles. The largest absolute Gasteiger partial charge is 0.452 e. The monoisotopic (exact) mass is 522 g/mol. The van der Waals surface area contributed by atoms with Crippen molar-refractivity contribution in [1.82, 2.24) is 0 Å². The first-order chi connectivity index (χ1) is 18.8. The van der Waals surface area contributed by atoms with E-state index in [1.54, 1.807) is 18.2 Å². The molecule has 6 rings (SSSR count). The molecule has 7 nitrogen and oxygen atoms in total. The van der Waals surface area contributed by atoms with E-state index >= 15 is 0 Å². The summed E-state index contributed by atoms with van der Waals surface area (Å²) < 4.78 is 5.26. The van der Waals surface area contributed by atoms with Gasteiger partial charge in [0.1, 0.15) is 0 Å². The molecule has 0 unspecified atom stereocenters. The molecule has 1 heterocycles. The van der Waals surface area contributed by atoms with Crippen molar-refractivity contribution in [3.05, 3.63) is 95.1 Å². The van der Waals surface area contributed by atoms with Crippen molar-refractivity contribution in [2.24, 2.45) is 23.7 Å². The highest BCUT2D eigenvalue weighted by molar-refractivity contribution is 6.23. The molecular weight excluding hydrogens is 492 g/mol. The number of carbonyl (C=O) groups excluding carboxylic acids is 4. The van der Waals surface area contributed by atoms with E-state index in [0.717, 1.165) is 24.0 Å². The summed E-state index contributed by atoms with van der Waals surface area (Å²) in [6.07, 6.45) is 1.82. The number of ether oxygens (including phenoxy) is 1. The SMILES string of the molecule is Cc1cccc(C)c1NC(=O)COC(=O)c1cccc(N2C(=O)[C@@H]3[C@@H]4C[C@@H]([C@@H]3C2=O)[C@@H](c2ccccc2)C4)c1. The van der Waals surface area contributed by atoms with Gasteiger partial charge in [0.2, 0.25) is 11.8 Å². The predicted molar refractivity (Wildman–Crippen MR) is 146 cm³/mol. The Morgan fingerprint density at radius 1 is 0.872 bits per heavy atom. The molecule has 5 atom stereocenters. The van der Waals surface area contributed by atoms with Gasteiger partial charge in [-0.2, -0.15) is 0 Å². The van der Waals surface area contributed by atoms with Gasteiger partial charge in [-0.05, 0) is 79.3 Å². The number of esters is 1. The smallest absolute Gasteiger partial charge is 0.338 e. The molecule has 1 saturated heterocycles. The number of amides is 3. The molecule has 3 aromatic carbocycles. The Balaban J connectivity index is 1.15. The number of benzene rings is 3. The fourth-order valence-corrected chi connectivity index (χ4v) is 6.97. The van der Waals surface area contributed by atoms with Crippen molar-refractivity contribution in [1.29, 1.82) is 0 Å². The lowest BCUT2D eigenvalue weighted by Crippen LogP contribution is -2.33. The van der Waals surface area contributed by atoms with Gasteiger partial charge in [0, 0.05) is 5.69 Å². The van der Waals surface area contributed by atoms with Crippen LogP contribution in [0.25, 0.3) is 0 Å². The van der Waals surface area contributed by atoms with Crippen LogP contribution in [0.4, 0.5) is 11.4 Å². The fraction of sp³-hybridized carbons (Fsp3) is 0.312. The maximum Gasteiger partial charge on any atom is 0.338 e. The Morgan fingerprint density at radius 2 is 1.56 bits per heavy atom. The number of nitrogens with zero attached hydrogens (tertiary/aromatic N) is 1. The number of fused-ring (bicyclic) bond motifs is 5. The highest BCUT2D eigenvalue weighted by atomic mass is 16.5. The molecule has 198 valence electrons. The van der Waals surface area contributed by atoms with Crippen molar-refractivity contribution in [2.45, 2.75) is 32.6 Å². The highest BCUT2D eigenvalue weighted by Crippen LogP contribution is 2.61. The van der Waals surface area contributed by atoms with Crippen LogP contribution in [0.15, 0.2) is 72.8 Å². The number of imide groups is 1. The first kappa shape index (κ1) is 25.0. The molecule has 0 radical (unpaired) electrons. The van der Waals surface area contributed by atoms with E-state index in [1.165, 1.54) is 16.5 Å². The zero-order valence-corrected chi connectivity index (χ0v) is 21.9. The van der Waals surface area contributed by atoms with Crippen molar-refractivity contribution in [3.63, 3.8) is 0 Å². The molecule has 0 spiro atoms. The predicted octanol–water partition coefficient (Wildman–Crippen LogP) is 5.03. The Hall–Kier alpha value is -4.26. The van der Waals surface area contributed by atoms with Crippen LogP contribution < -0.4 is 10.2 Å². The van der Waals surface area contributed by atoms with E-state index in [4.69, 9.17) is 4.74 Å². The normalized spacial score (nSPS) is 25.1. The third-order valence-electron chi connectivity index (χ3n) is 8.66.